The summed E-state index contributed by atoms with van der Waals surface area (Å²) in [4.78, 5) is 0. The third kappa shape index (κ3) is 3.93. The minimum absolute atomic E-state index is 0.0215. The second-order valence-electron chi connectivity index (χ2n) is 4.41. The molecule has 2 atom stereocenters. The molecule has 1 rings (SSSR count). The molecule has 0 saturated heterocycles. The minimum Gasteiger partial charge on any atom is -0.508 e. The van der Waals surface area contributed by atoms with Crippen molar-refractivity contribution in [3.63, 3.8) is 0 Å². The summed E-state index contributed by atoms with van der Waals surface area (Å²) in [6.07, 6.45) is 1.09. The SMILES string of the molecule is CCOC(Nc1ccc(O)cc1C)C(C)CC. The minimum atomic E-state index is 0.0215. The van der Waals surface area contributed by atoms with Gasteiger partial charge in [0.05, 0.1) is 0 Å². The van der Waals surface area contributed by atoms with Crippen LogP contribution in [0.2, 0.25) is 0 Å². The molecule has 2 unspecified atom stereocenters. The number of benzene rings is 1. The molecule has 0 saturated carbocycles. The highest BCUT2D eigenvalue weighted by atomic mass is 16.5. The summed E-state index contributed by atoms with van der Waals surface area (Å²) in [6.45, 7) is 8.99. The average molecular weight is 237 g/mol. The van der Waals surface area contributed by atoms with Gasteiger partial charge in [0.25, 0.3) is 0 Å². The van der Waals surface area contributed by atoms with Gasteiger partial charge < -0.3 is 15.2 Å². The fraction of sp³-hybridized carbons (Fsp3) is 0.571. The van der Waals surface area contributed by atoms with E-state index in [1.165, 1.54) is 0 Å². The molecule has 0 aliphatic carbocycles. The van der Waals surface area contributed by atoms with E-state index in [0.29, 0.717) is 18.3 Å². The molecule has 17 heavy (non-hydrogen) atoms. The number of hydrogen-bond donors (Lipinski definition) is 2. The highest BCUT2D eigenvalue weighted by Gasteiger charge is 2.16. The van der Waals surface area contributed by atoms with Crippen LogP contribution in [-0.2, 0) is 4.74 Å². The molecule has 2 N–H and O–H groups in total. The van der Waals surface area contributed by atoms with E-state index in [2.05, 4.69) is 19.2 Å². The maximum Gasteiger partial charge on any atom is 0.130 e. The first-order valence-corrected chi connectivity index (χ1v) is 6.26. The number of phenolic OH excluding ortho intramolecular Hbond substituents is 1. The molecular weight excluding hydrogens is 214 g/mol. The van der Waals surface area contributed by atoms with Gasteiger partial charge in [-0.1, -0.05) is 13.8 Å². The van der Waals surface area contributed by atoms with Gasteiger partial charge in [-0.05, 0) is 44.0 Å². The van der Waals surface area contributed by atoms with Crippen LogP contribution < -0.4 is 5.32 Å². The summed E-state index contributed by atoms with van der Waals surface area (Å²) < 4.78 is 5.71. The van der Waals surface area contributed by atoms with Crippen molar-refractivity contribution in [2.24, 2.45) is 5.92 Å². The standard InChI is InChI=1S/C14H23NO2/c1-5-10(3)14(17-6-2)15-13-8-7-12(16)9-11(13)4/h7-10,14-16H,5-6H2,1-4H3. The van der Waals surface area contributed by atoms with Crippen molar-refractivity contribution < 1.29 is 9.84 Å². The molecule has 0 bridgehead atoms. The number of anilines is 1. The largest absolute Gasteiger partial charge is 0.508 e. The van der Waals surface area contributed by atoms with Gasteiger partial charge in [-0.25, -0.2) is 0 Å². The van der Waals surface area contributed by atoms with Crippen LogP contribution in [0.4, 0.5) is 5.69 Å². The monoisotopic (exact) mass is 237 g/mol. The molecule has 0 aliphatic heterocycles. The van der Waals surface area contributed by atoms with Gasteiger partial charge in [0.2, 0.25) is 0 Å². The predicted molar refractivity (Wildman–Crippen MR) is 71.3 cm³/mol. The number of aryl methyl sites for hydroxylation is 1. The molecule has 0 aliphatic rings. The highest BCUT2D eigenvalue weighted by molar-refractivity contribution is 5.53. The van der Waals surface area contributed by atoms with Gasteiger partial charge in [-0.3, -0.25) is 0 Å². The number of nitrogens with one attached hydrogen (secondary N) is 1. The molecule has 0 aromatic heterocycles. The van der Waals surface area contributed by atoms with Crippen molar-refractivity contribution in [1.29, 1.82) is 0 Å². The number of hydrogen-bond acceptors (Lipinski definition) is 3. The van der Waals surface area contributed by atoms with Crippen molar-refractivity contribution in [3.8, 4) is 5.75 Å². The number of phenols is 1. The fourth-order valence-corrected chi connectivity index (χ4v) is 1.70. The Morgan fingerprint density at radius 1 is 1.35 bits per heavy atom. The molecule has 1 aromatic rings. The molecule has 0 radical (unpaired) electrons. The van der Waals surface area contributed by atoms with E-state index in [-0.39, 0.29) is 6.23 Å². The van der Waals surface area contributed by atoms with Crippen LogP contribution >= 0.6 is 0 Å². The van der Waals surface area contributed by atoms with Gasteiger partial charge >= 0.3 is 0 Å². The van der Waals surface area contributed by atoms with Crippen LogP contribution in [0.15, 0.2) is 18.2 Å². The van der Waals surface area contributed by atoms with E-state index < -0.39 is 0 Å². The van der Waals surface area contributed by atoms with Crippen LogP contribution in [0, 0.1) is 12.8 Å². The van der Waals surface area contributed by atoms with E-state index in [1.807, 2.05) is 19.9 Å². The third-order valence-corrected chi connectivity index (χ3v) is 3.01. The van der Waals surface area contributed by atoms with Crippen LogP contribution in [0.3, 0.4) is 0 Å². The van der Waals surface area contributed by atoms with E-state index in [0.717, 1.165) is 17.7 Å². The Labute approximate surface area is 104 Å². The van der Waals surface area contributed by atoms with Gasteiger partial charge in [0.15, 0.2) is 0 Å². The third-order valence-electron chi connectivity index (χ3n) is 3.01. The number of aromatic hydroxyl groups is 1. The Morgan fingerprint density at radius 2 is 2.06 bits per heavy atom. The Hall–Kier alpha value is -1.22. The summed E-state index contributed by atoms with van der Waals surface area (Å²) in [5.41, 5.74) is 2.04. The number of rotatable bonds is 6. The predicted octanol–water partition coefficient (Wildman–Crippen LogP) is 3.52. The second kappa shape index (κ2) is 6.50. The lowest BCUT2D eigenvalue weighted by Crippen LogP contribution is -2.30. The zero-order valence-electron chi connectivity index (χ0n) is 11.2. The van der Waals surface area contributed by atoms with E-state index in [9.17, 15) is 5.11 Å². The van der Waals surface area contributed by atoms with Gasteiger partial charge in [-0.2, -0.15) is 0 Å². The molecule has 96 valence electrons. The first kappa shape index (κ1) is 13.8. The summed E-state index contributed by atoms with van der Waals surface area (Å²) in [5.74, 6) is 0.743. The maximum absolute atomic E-state index is 9.37. The molecule has 3 nitrogen and oxygen atoms in total. The molecule has 0 fully saturated rings. The first-order valence-electron chi connectivity index (χ1n) is 6.26. The Bertz CT molecular complexity index is 352. The summed E-state index contributed by atoms with van der Waals surface area (Å²) in [7, 11) is 0. The smallest absolute Gasteiger partial charge is 0.130 e. The Kier molecular flexibility index (Phi) is 5.29. The maximum atomic E-state index is 9.37. The van der Waals surface area contributed by atoms with Crippen LogP contribution in [0.1, 0.15) is 32.8 Å². The van der Waals surface area contributed by atoms with Crippen molar-refractivity contribution >= 4 is 5.69 Å². The zero-order chi connectivity index (χ0) is 12.8. The van der Waals surface area contributed by atoms with Crippen molar-refractivity contribution in [2.75, 3.05) is 11.9 Å². The normalized spacial score (nSPS) is 14.4. The van der Waals surface area contributed by atoms with Crippen molar-refractivity contribution in [3.05, 3.63) is 23.8 Å². The number of ether oxygens (including phenoxy) is 1. The molecule has 0 amide bonds. The van der Waals surface area contributed by atoms with Crippen molar-refractivity contribution in [1.82, 2.24) is 0 Å². The van der Waals surface area contributed by atoms with Gasteiger partial charge in [0, 0.05) is 18.2 Å². The lowest BCUT2D eigenvalue weighted by molar-refractivity contribution is 0.0441. The first-order chi connectivity index (χ1) is 8.08. The van der Waals surface area contributed by atoms with E-state index in [4.69, 9.17) is 4.74 Å². The van der Waals surface area contributed by atoms with Gasteiger partial charge in [0.1, 0.15) is 12.0 Å². The fourth-order valence-electron chi connectivity index (χ4n) is 1.70. The molecule has 1 aromatic carbocycles. The van der Waals surface area contributed by atoms with Crippen LogP contribution in [-0.4, -0.2) is 17.9 Å². The van der Waals surface area contributed by atoms with Crippen molar-refractivity contribution in [2.45, 2.75) is 40.3 Å². The molecule has 3 heteroatoms. The van der Waals surface area contributed by atoms with Gasteiger partial charge in [-0.15, -0.1) is 0 Å². The second-order valence-corrected chi connectivity index (χ2v) is 4.41. The van der Waals surface area contributed by atoms with Crippen LogP contribution in [0.25, 0.3) is 0 Å². The summed E-state index contributed by atoms with van der Waals surface area (Å²) in [5, 5.41) is 12.8. The molecule has 0 heterocycles. The lowest BCUT2D eigenvalue weighted by atomic mass is 10.1. The topological polar surface area (TPSA) is 41.5 Å². The molecular formula is C14H23NO2. The Balaban J connectivity index is 2.78. The Morgan fingerprint density at radius 3 is 2.59 bits per heavy atom. The highest BCUT2D eigenvalue weighted by Crippen LogP contribution is 2.23. The average Bonchev–Trinajstić information content (AvgIpc) is 2.30. The van der Waals surface area contributed by atoms with E-state index >= 15 is 0 Å². The summed E-state index contributed by atoms with van der Waals surface area (Å²) in [6, 6.07) is 5.33. The zero-order valence-corrected chi connectivity index (χ0v) is 11.2. The quantitative estimate of drug-likeness (QED) is 0.587. The lowest BCUT2D eigenvalue weighted by Gasteiger charge is -2.26. The van der Waals surface area contributed by atoms with E-state index in [1.54, 1.807) is 12.1 Å². The molecule has 0 spiro atoms. The summed E-state index contributed by atoms with van der Waals surface area (Å²) >= 11 is 0. The van der Waals surface area contributed by atoms with Crippen LogP contribution in [0.5, 0.6) is 5.75 Å².